The van der Waals surface area contributed by atoms with Crippen molar-refractivity contribution in [3.05, 3.63) is 42.0 Å². The molecule has 2 aliphatic heterocycles. The van der Waals surface area contributed by atoms with E-state index >= 15 is 0 Å². The fourth-order valence-corrected chi connectivity index (χ4v) is 6.59. The Hall–Kier alpha value is -1.61. The third-order valence-electron chi connectivity index (χ3n) is 7.76. The topological polar surface area (TPSA) is 26.3 Å². The van der Waals surface area contributed by atoms with Crippen molar-refractivity contribution in [3.63, 3.8) is 0 Å². The number of esters is 1. The molecule has 4 rings (SSSR count). The first kappa shape index (κ1) is 20.7. The molecule has 0 spiro atoms. The third-order valence-corrected chi connectivity index (χ3v) is 7.76. The van der Waals surface area contributed by atoms with Crippen LogP contribution in [0.1, 0.15) is 71.3 Å². The number of hydrogen-bond acceptors (Lipinski definition) is 2. The van der Waals surface area contributed by atoms with Crippen LogP contribution in [-0.2, 0) is 9.53 Å². The molecule has 0 saturated carbocycles. The second kappa shape index (κ2) is 8.63. The Labute approximate surface area is 176 Å². The van der Waals surface area contributed by atoms with Gasteiger partial charge in [0, 0.05) is 31.6 Å². The Balaban J connectivity index is 1.45. The summed E-state index contributed by atoms with van der Waals surface area (Å²) in [6, 6.07) is 11.7. The van der Waals surface area contributed by atoms with Crippen molar-refractivity contribution in [2.75, 3.05) is 13.1 Å². The van der Waals surface area contributed by atoms with Crippen LogP contribution in [0.3, 0.4) is 0 Å². The molecule has 158 valence electrons. The number of fused-ring (bicyclic) bond motifs is 2. The third kappa shape index (κ3) is 4.03. The van der Waals surface area contributed by atoms with Crippen LogP contribution in [0.4, 0.5) is 0 Å². The first-order chi connectivity index (χ1) is 14.0. The Morgan fingerprint density at radius 1 is 1.10 bits per heavy atom. The van der Waals surface area contributed by atoms with Crippen LogP contribution in [0.5, 0.6) is 0 Å². The van der Waals surface area contributed by atoms with Gasteiger partial charge in [-0.25, -0.2) is 0 Å². The van der Waals surface area contributed by atoms with E-state index in [4.69, 9.17) is 4.74 Å². The van der Waals surface area contributed by atoms with E-state index in [1.807, 2.05) is 6.07 Å². The van der Waals surface area contributed by atoms with E-state index in [0.717, 1.165) is 38.0 Å². The minimum atomic E-state index is -0.0909. The van der Waals surface area contributed by atoms with Gasteiger partial charge in [0.15, 0.2) is 0 Å². The lowest BCUT2D eigenvalue weighted by Crippen LogP contribution is -2.62. The van der Waals surface area contributed by atoms with Crippen molar-refractivity contribution in [3.8, 4) is 0 Å². The molecule has 0 aromatic heterocycles. The average molecular weight is 397 g/mol. The number of benzene rings is 1. The minimum absolute atomic E-state index is 0.0181. The maximum Gasteiger partial charge on any atom is 0.313 e. The van der Waals surface area contributed by atoms with Gasteiger partial charge in [0.05, 0.1) is 31.1 Å². The van der Waals surface area contributed by atoms with Gasteiger partial charge in [-0.1, -0.05) is 50.3 Å². The maximum absolute atomic E-state index is 13.2. The zero-order valence-electron chi connectivity index (χ0n) is 18.5. The highest BCUT2D eigenvalue weighted by Gasteiger charge is 2.54. The van der Waals surface area contributed by atoms with Gasteiger partial charge in [-0.2, -0.15) is 0 Å². The maximum atomic E-state index is 13.2. The predicted octanol–water partition coefficient (Wildman–Crippen LogP) is 5.60. The highest BCUT2D eigenvalue weighted by Crippen LogP contribution is 2.44. The van der Waals surface area contributed by atoms with Gasteiger partial charge in [0.25, 0.3) is 0 Å². The van der Waals surface area contributed by atoms with Crippen molar-refractivity contribution >= 4 is 11.5 Å². The van der Waals surface area contributed by atoms with Gasteiger partial charge in [-0.3, -0.25) is 4.79 Å². The summed E-state index contributed by atoms with van der Waals surface area (Å²) < 4.78 is 7.48. The molecule has 29 heavy (non-hydrogen) atoms. The van der Waals surface area contributed by atoms with E-state index in [2.05, 4.69) is 51.1 Å². The molecule has 3 heteroatoms. The Morgan fingerprint density at radius 2 is 1.79 bits per heavy atom. The number of quaternary nitrogens is 1. The lowest BCUT2D eigenvalue weighted by atomic mass is 9.83. The summed E-state index contributed by atoms with van der Waals surface area (Å²) in [5, 5.41) is 0. The predicted molar refractivity (Wildman–Crippen MR) is 118 cm³/mol. The summed E-state index contributed by atoms with van der Waals surface area (Å²) in [6.07, 6.45) is 10.2. The number of carbonyl (C=O) groups excluding carboxylic acids is 1. The second-order valence-corrected chi connectivity index (χ2v) is 9.92. The molecule has 0 amide bonds. The molecule has 5 atom stereocenters. The van der Waals surface area contributed by atoms with Gasteiger partial charge in [-0.05, 0) is 37.3 Å². The van der Waals surface area contributed by atoms with Crippen LogP contribution >= 0.6 is 0 Å². The molecular formula is C26H38NO2+. The Morgan fingerprint density at radius 3 is 2.41 bits per heavy atom. The van der Waals surface area contributed by atoms with Gasteiger partial charge < -0.3 is 9.22 Å². The summed E-state index contributed by atoms with van der Waals surface area (Å²) in [7, 11) is 0. The number of hydrogen-bond donors (Lipinski definition) is 0. The van der Waals surface area contributed by atoms with Crippen molar-refractivity contribution in [2.45, 2.75) is 83.9 Å². The van der Waals surface area contributed by atoms with Crippen LogP contribution in [0, 0.1) is 11.8 Å². The fraction of sp³-hybridized carbons (Fsp3) is 0.654. The zero-order chi connectivity index (χ0) is 20.4. The van der Waals surface area contributed by atoms with Gasteiger partial charge in [0.2, 0.25) is 0 Å². The van der Waals surface area contributed by atoms with E-state index in [1.54, 1.807) is 0 Å². The molecule has 3 nitrogen and oxygen atoms in total. The lowest BCUT2D eigenvalue weighted by Gasteiger charge is -2.50. The Kier molecular flexibility index (Phi) is 6.15. The highest BCUT2D eigenvalue weighted by molar-refractivity contribution is 5.89. The second-order valence-electron chi connectivity index (χ2n) is 9.92. The molecule has 3 aliphatic rings. The molecule has 0 radical (unpaired) electrons. The fourth-order valence-electron chi connectivity index (χ4n) is 6.59. The summed E-state index contributed by atoms with van der Waals surface area (Å²) in [4.78, 5) is 13.2. The van der Waals surface area contributed by atoms with E-state index in [0.29, 0.717) is 12.1 Å². The minimum Gasteiger partial charge on any atom is -0.461 e. The number of allylic oxidation sites excluding steroid dienone is 1. The van der Waals surface area contributed by atoms with E-state index in [1.165, 1.54) is 41.6 Å². The molecule has 2 heterocycles. The quantitative estimate of drug-likeness (QED) is 0.462. The van der Waals surface area contributed by atoms with Crippen LogP contribution in [-0.4, -0.2) is 41.7 Å². The molecule has 2 bridgehead atoms. The first-order valence-electron chi connectivity index (χ1n) is 11.9. The largest absolute Gasteiger partial charge is 0.461 e. The first-order valence-corrected chi connectivity index (χ1v) is 11.9. The molecule has 2 fully saturated rings. The molecule has 1 aromatic rings. The van der Waals surface area contributed by atoms with E-state index in [9.17, 15) is 4.79 Å². The van der Waals surface area contributed by atoms with Crippen LogP contribution < -0.4 is 0 Å². The summed E-state index contributed by atoms with van der Waals surface area (Å²) >= 11 is 0. The van der Waals surface area contributed by atoms with Crippen molar-refractivity contribution in [2.24, 2.45) is 11.8 Å². The van der Waals surface area contributed by atoms with Gasteiger partial charge >= 0.3 is 5.97 Å². The normalized spacial score (nSPS) is 34.1. The number of nitrogens with zero attached hydrogens (tertiary/aromatic N) is 1. The highest BCUT2D eigenvalue weighted by atomic mass is 16.5. The van der Waals surface area contributed by atoms with Gasteiger partial charge in [0.1, 0.15) is 6.10 Å². The number of piperidine rings is 1. The Bertz CT molecular complexity index is 724. The summed E-state index contributed by atoms with van der Waals surface area (Å²) in [5.41, 5.74) is 2.36. The number of carbonyl (C=O) groups is 1. The zero-order valence-corrected chi connectivity index (χ0v) is 18.5. The molecule has 1 aromatic carbocycles. The number of rotatable bonds is 6. The lowest BCUT2D eigenvalue weighted by molar-refractivity contribution is -0.967. The summed E-state index contributed by atoms with van der Waals surface area (Å²) in [5.74, 6) is 0.648. The molecule has 0 N–H and O–H groups in total. The average Bonchev–Trinajstić information content (AvgIpc) is 2.90. The van der Waals surface area contributed by atoms with Crippen molar-refractivity contribution in [1.82, 2.24) is 0 Å². The van der Waals surface area contributed by atoms with E-state index < -0.39 is 0 Å². The van der Waals surface area contributed by atoms with Crippen molar-refractivity contribution < 1.29 is 14.0 Å². The summed E-state index contributed by atoms with van der Waals surface area (Å²) in [6.45, 7) is 9.55. The molecular weight excluding hydrogens is 358 g/mol. The molecule has 2 saturated heterocycles. The standard InChI is InChI=1S/C26H38NO2/c1-4-27(18-19(2)3)21-14-15-22(27)17-23(16-21)29-26(28)25-13-9-8-12-24(25)20-10-6-5-7-11-20/h5-7,10-12,19,21-23,25H,4,8-9,13-18H2,1-3H3/q+1/t21-,22+,23?,25?,27?. The number of ether oxygens (including phenoxy) is 1. The smallest absolute Gasteiger partial charge is 0.313 e. The SMILES string of the molecule is CC[N+]1(CC(C)C)[C@@H]2CC[C@H]1CC(OC(=O)C1CCCC=C1c1ccccc1)C2. The monoisotopic (exact) mass is 396 g/mol. The van der Waals surface area contributed by atoms with Gasteiger partial charge in [-0.15, -0.1) is 0 Å². The van der Waals surface area contributed by atoms with Crippen molar-refractivity contribution in [1.29, 1.82) is 0 Å². The molecule has 3 unspecified atom stereocenters. The molecule has 1 aliphatic carbocycles. The van der Waals surface area contributed by atoms with Crippen LogP contribution in [0.25, 0.3) is 5.57 Å². The van der Waals surface area contributed by atoms with Crippen LogP contribution in [0.2, 0.25) is 0 Å². The van der Waals surface area contributed by atoms with Crippen LogP contribution in [0.15, 0.2) is 36.4 Å². The van der Waals surface area contributed by atoms with E-state index in [-0.39, 0.29) is 18.0 Å².